The quantitative estimate of drug-likeness (QED) is 0.618. The van der Waals surface area contributed by atoms with Crippen molar-refractivity contribution in [1.82, 2.24) is 20.5 Å². The number of aromatic nitrogens is 3. The van der Waals surface area contributed by atoms with Crippen LogP contribution in [0.2, 0.25) is 5.02 Å². The summed E-state index contributed by atoms with van der Waals surface area (Å²) in [6.07, 6.45) is 0.527. The highest BCUT2D eigenvalue weighted by Crippen LogP contribution is 2.20. The third-order valence-corrected chi connectivity index (χ3v) is 3.98. The number of amides is 2. The van der Waals surface area contributed by atoms with Crippen molar-refractivity contribution < 1.29 is 9.53 Å². The van der Waals surface area contributed by atoms with E-state index in [1.807, 2.05) is 24.3 Å². The summed E-state index contributed by atoms with van der Waals surface area (Å²) in [5.41, 5.74) is 1.45. The third kappa shape index (κ3) is 4.52. The van der Waals surface area contributed by atoms with Crippen molar-refractivity contribution in [3.05, 3.63) is 59.4 Å². The predicted octanol–water partition coefficient (Wildman–Crippen LogP) is 3.50. The molecular weight excluding hydrogens is 354 g/mol. The molecule has 2 aromatic carbocycles. The van der Waals surface area contributed by atoms with Gasteiger partial charge in [-0.1, -0.05) is 23.7 Å². The molecule has 0 radical (unpaired) electrons. The molecule has 0 aliphatic rings. The lowest BCUT2D eigenvalue weighted by Crippen LogP contribution is -2.30. The van der Waals surface area contributed by atoms with E-state index < -0.39 is 0 Å². The first-order valence-corrected chi connectivity index (χ1v) is 8.38. The highest BCUT2D eigenvalue weighted by molar-refractivity contribution is 6.33. The number of para-hydroxylation sites is 1. The van der Waals surface area contributed by atoms with Gasteiger partial charge in [0.1, 0.15) is 11.6 Å². The normalized spacial score (nSPS) is 10.4. The lowest BCUT2D eigenvalue weighted by Gasteiger charge is -2.08. The van der Waals surface area contributed by atoms with Crippen LogP contribution in [0.3, 0.4) is 0 Å². The number of nitrogens with zero attached hydrogens (tertiary/aromatic N) is 2. The largest absolute Gasteiger partial charge is 0.497 e. The summed E-state index contributed by atoms with van der Waals surface area (Å²) in [5, 5.41) is 13.0. The van der Waals surface area contributed by atoms with E-state index in [0.29, 0.717) is 35.3 Å². The van der Waals surface area contributed by atoms with E-state index in [-0.39, 0.29) is 6.03 Å². The zero-order valence-electron chi connectivity index (χ0n) is 14.1. The molecule has 0 bridgehead atoms. The molecular formula is C18H18ClN5O2. The van der Waals surface area contributed by atoms with Crippen LogP contribution in [-0.4, -0.2) is 34.9 Å². The molecule has 1 heterocycles. The van der Waals surface area contributed by atoms with Gasteiger partial charge >= 0.3 is 6.03 Å². The fraction of sp³-hybridized carbons (Fsp3) is 0.167. The van der Waals surface area contributed by atoms with Crippen LogP contribution < -0.4 is 15.4 Å². The standard InChI is InChI=1S/C18H18ClN5O2/c1-26-13-8-6-12(7-9-13)17-22-16(23-24-17)10-11-20-18(25)21-15-5-3-2-4-14(15)19/h2-9H,10-11H2,1H3,(H2,20,21,25)(H,22,23,24). The Bertz CT molecular complexity index is 879. The summed E-state index contributed by atoms with van der Waals surface area (Å²) < 4.78 is 5.13. The number of anilines is 1. The molecule has 3 N–H and O–H groups in total. The Kier molecular flexibility index (Phi) is 5.70. The van der Waals surface area contributed by atoms with Gasteiger partial charge in [-0.05, 0) is 36.4 Å². The Morgan fingerprint density at radius 3 is 2.69 bits per heavy atom. The Hall–Kier alpha value is -3.06. The number of aromatic amines is 1. The molecule has 8 heteroatoms. The molecule has 7 nitrogen and oxygen atoms in total. The second kappa shape index (κ2) is 8.35. The van der Waals surface area contributed by atoms with E-state index in [0.717, 1.165) is 11.3 Å². The minimum atomic E-state index is -0.326. The van der Waals surface area contributed by atoms with Crippen molar-refractivity contribution in [2.75, 3.05) is 19.0 Å². The van der Waals surface area contributed by atoms with Crippen LogP contribution in [-0.2, 0) is 6.42 Å². The minimum absolute atomic E-state index is 0.326. The number of carbonyl (C=O) groups excluding carboxylic acids is 1. The molecule has 2 amide bonds. The number of nitrogens with one attached hydrogen (secondary N) is 3. The second-order valence-electron chi connectivity index (χ2n) is 5.44. The molecule has 0 fully saturated rings. The molecule has 0 unspecified atom stereocenters. The monoisotopic (exact) mass is 371 g/mol. The van der Waals surface area contributed by atoms with Gasteiger partial charge in [0.2, 0.25) is 0 Å². The van der Waals surface area contributed by atoms with Gasteiger partial charge in [0.15, 0.2) is 5.82 Å². The molecule has 3 rings (SSSR count). The Balaban J connectivity index is 1.50. The van der Waals surface area contributed by atoms with Crippen LogP contribution in [0.1, 0.15) is 5.82 Å². The Morgan fingerprint density at radius 2 is 1.96 bits per heavy atom. The lowest BCUT2D eigenvalue weighted by molar-refractivity contribution is 0.252. The van der Waals surface area contributed by atoms with Crippen LogP contribution in [0.5, 0.6) is 5.75 Å². The number of hydrogen-bond donors (Lipinski definition) is 3. The van der Waals surface area contributed by atoms with E-state index in [4.69, 9.17) is 16.3 Å². The number of halogens is 1. The zero-order chi connectivity index (χ0) is 18.4. The summed E-state index contributed by atoms with van der Waals surface area (Å²) in [6, 6.07) is 14.2. The van der Waals surface area contributed by atoms with E-state index in [1.165, 1.54) is 0 Å². The summed E-state index contributed by atoms with van der Waals surface area (Å²) in [4.78, 5) is 16.3. The van der Waals surface area contributed by atoms with Gasteiger partial charge in [-0.25, -0.2) is 9.78 Å². The van der Waals surface area contributed by atoms with Gasteiger partial charge in [-0.3, -0.25) is 5.10 Å². The van der Waals surface area contributed by atoms with Gasteiger partial charge in [-0.2, -0.15) is 5.10 Å². The van der Waals surface area contributed by atoms with E-state index >= 15 is 0 Å². The highest BCUT2D eigenvalue weighted by atomic mass is 35.5. The van der Waals surface area contributed by atoms with Crippen LogP contribution in [0.4, 0.5) is 10.5 Å². The van der Waals surface area contributed by atoms with Crippen molar-refractivity contribution in [1.29, 1.82) is 0 Å². The van der Waals surface area contributed by atoms with Gasteiger partial charge in [0, 0.05) is 18.5 Å². The summed E-state index contributed by atoms with van der Waals surface area (Å²) >= 11 is 6.00. The third-order valence-electron chi connectivity index (χ3n) is 3.65. The van der Waals surface area contributed by atoms with Gasteiger partial charge < -0.3 is 15.4 Å². The molecule has 134 valence electrons. The van der Waals surface area contributed by atoms with E-state index in [9.17, 15) is 4.79 Å². The first-order chi connectivity index (χ1) is 12.7. The summed E-state index contributed by atoms with van der Waals surface area (Å²) in [6.45, 7) is 0.410. The zero-order valence-corrected chi connectivity index (χ0v) is 14.9. The second-order valence-corrected chi connectivity index (χ2v) is 5.85. The molecule has 3 aromatic rings. The summed E-state index contributed by atoms with van der Waals surface area (Å²) in [7, 11) is 1.62. The van der Waals surface area contributed by atoms with Crippen molar-refractivity contribution >= 4 is 23.3 Å². The van der Waals surface area contributed by atoms with Crippen molar-refractivity contribution in [3.8, 4) is 17.1 Å². The number of hydrogen-bond acceptors (Lipinski definition) is 4. The molecule has 26 heavy (non-hydrogen) atoms. The molecule has 0 saturated heterocycles. The predicted molar refractivity (Wildman–Crippen MR) is 101 cm³/mol. The Morgan fingerprint density at radius 1 is 1.19 bits per heavy atom. The number of methoxy groups -OCH3 is 1. The van der Waals surface area contributed by atoms with Crippen molar-refractivity contribution in [2.45, 2.75) is 6.42 Å². The number of ether oxygens (including phenoxy) is 1. The highest BCUT2D eigenvalue weighted by Gasteiger charge is 2.08. The SMILES string of the molecule is COc1ccc(-c2n[nH]c(CCNC(=O)Nc3ccccc3Cl)n2)cc1. The topological polar surface area (TPSA) is 91.9 Å². The van der Waals surface area contributed by atoms with Gasteiger partial charge in [0.05, 0.1) is 17.8 Å². The summed E-state index contributed by atoms with van der Waals surface area (Å²) in [5.74, 6) is 2.07. The van der Waals surface area contributed by atoms with Gasteiger partial charge in [-0.15, -0.1) is 0 Å². The first-order valence-electron chi connectivity index (χ1n) is 8.01. The van der Waals surface area contributed by atoms with Crippen LogP contribution in [0, 0.1) is 0 Å². The number of H-pyrrole nitrogens is 1. The van der Waals surface area contributed by atoms with Crippen LogP contribution in [0.15, 0.2) is 48.5 Å². The minimum Gasteiger partial charge on any atom is -0.497 e. The lowest BCUT2D eigenvalue weighted by atomic mass is 10.2. The van der Waals surface area contributed by atoms with E-state index in [2.05, 4.69) is 25.8 Å². The molecule has 0 aliphatic carbocycles. The average molecular weight is 372 g/mol. The maximum atomic E-state index is 11.9. The number of rotatable bonds is 6. The molecule has 0 aliphatic heterocycles. The van der Waals surface area contributed by atoms with Crippen LogP contribution >= 0.6 is 11.6 Å². The maximum Gasteiger partial charge on any atom is 0.319 e. The van der Waals surface area contributed by atoms with Crippen molar-refractivity contribution in [3.63, 3.8) is 0 Å². The fourth-order valence-corrected chi connectivity index (χ4v) is 2.48. The first kappa shape index (κ1) is 17.8. The number of urea groups is 1. The van der Waals surface area contributed by atoms with Crippen molar-refractivity contribution in [2.24, 2.45) is 0 Å². The molecule has 1 aromatic heterocycles. The Labute approximate surface area is 155 Å². The molecule has 0 spiro atoms. The maximum absolute atomic E-state index is 11.9. The van der Waals surface area contributed by atoms with Gasteiger partial charge in [0.25, 0.3) is 0 Å². The number of benzene rings is 2. The average Bonchev–Trinajstić information content (AvgIpc) is 3.12. The number of carbonyl (C=O) groups is 1. The molecule has 0 saturated carbocycles. The fourth-order valence-electron chi connectivity index (χ4n) is 2.30. The molecule has 0 atom stereocenters. The van der Waals surface area contributed by atoms with E-state index in [1.54, 1.807) is 31.4 Å². The smallest absolute Gasteiger partial charge is 0.319 e. The van der Waals surface area contributed by atoms with Crippen LogP contribution in [0.25, 0.3) is 11.4 Å².